The molecule has 0 unspecified atom stereocenters. The second kappa shape index (κ2) is 8.78. The van der Waals surface area contributed by atoms with Gasteiger partial charge in [0, 0.05) is 13.0 Å². The van der Waals surface area contributed by atoms with Gasteiger partial charge in [-0.15, -0.1) is 0 Å². The van der Waals surface area contributed by atoms with E-state index in [-0.39, 0.29) is 26.0 Å². The largest absolute Gasteiger partial charge is 0.450 e. The highest BCUT2D eigenvalue weighted by Crippen LogP contribution is 2.08. The summed E-state index contributed by atoms with van der Waals surface area (Å²) in [5.74, 6) is -2.29. The number of benzene rings is 1. The molecule has 3 amide bonds. The summed E-state index contributed by atoms with van der Waals surface area (Å²) in [4.78, 5) is 45.4. The molecule has 0 saturated carbocycles. The first-order valence-corrected chi connectivity index (χ1v) is 7.62. The molecule has 1 saturated heterocycles. The van der Waals surface area contributed by atoms with Gasteiger partial charge in [0.2, 0.25) is 5.91 Å². The van der Waals surface area contributed by atoms with Gasteiger partial charge in [0.05, 0.1) is 6.42 Å². The Balaban J connectivity index is 1.63. The Kier molecular flexibility index (Phi) is 6.47. The van der Waals surface area contributed by atoms with Crippen LogP contribution < -0.4 is 10.6 Å². The summed E-state index contributed by atoms with van der Waals surface area (Å²) in [7, 11) is 0. The number of carbonyl (C=O) groups excluding carboxylic acids is 4. The Hall–Kier alpha value is -2.94. The lowest BCUT2D eigenvalue weighted by Gasteiger charge is -2.13. The van der Waals surface area contributed by atoms with Crippen LogP contribution in [0.15, 0.2) is 30.3 Å². The highest BCUT2D eigenvalue weighted by Gasteiger charge is 2.35. The van der Waals surface area contributed by atoms with E-state index >= 15 is 0 Å². The van der Waals surface area contributed by atoms with Gasteiger partial charge in [-0.2, -0.15) is 0 Å². The van der Waals surface area contributed by atoms with Gasteiger partial charge in [0.25, 0.3) is 5.91 Å². The minimum absolute atomic E-state index is 0.0281. The van der Waals surface area contributed by atoms with E-state index in [2.05, 4.69) is 5.32 Å². The number of hydrogen-bond donors (Lipinski definition) is 3. The predicted octanol–water partition coefficient (Wildman–Crippen LogP) is -0.378. The molecule has 0 aromatic heterocycles. The fourth-order valence-electron chi connectivity index (χ4n) is 2.05. The van der Waals surface area contributed by atoms with Crippen LogP contribution in [0.1, 0.15) is 18.4 Å². The third kappa shape index (κ3) is 5.88. The SMILES string of the molecule is O=C1C[C@H](OC(=O)[C@@H](O)CCNC(=O)OCc2ccccc2)C(=O)N1. The van der Waals surface area contributed by atoms with E-state index in [1.807, 2.05) is 23.5 Å². The minimum atomic E-state index is -1.53. The number of nitrogens with one attached hydrogen (secondary N) is 2. The van der Waals surface area contributed by atoms with Crippen molar-refractivity contribution < 1.29 is 33.8 Å². The van der Waals surface area contributed by atoms with E-state index in [0.29, 0.717) is 0 Å². The summed E-state index contributed by atoms with van der Waals surface area (Å²) < 4.78 is 9.72. The fourth-order valence-corrected chi connectivity index (χ4v) is 2.05. The van der Waals surface area contributed by atoms with Gasteiger partial charge in [-0.25, -0.2) is 9.59 Å². The number of aliphatic hydroxyl groups is 1. The molecule has 0 aliphatic carbocycles. The smallest absolute Gasteiger partial charge is 0.407 e. The van der Waals surface area contributed by atoms with Crippen molar-refractivity contribution in [3.8, 4) is 0 Å². The summed E-state index contributed by atoms with van der Waals surface area (Å²) in [5, 5.41) is 14.0. The van der Waals surface area contributed by atoms with Gasteiger partial charge < -0.3 is 19.9 Å². The van der Waals surface area contributed by atoms with Gasteiger partial charge in [0.1, 0.15) is 6.61 Å². The molecule has 1 aliphatic rings. The number of esters is 1. The Morgan fingerprint density at radius 3 is 2.64 bits per heavy atom. The molecule has 25 heavy (non-hydrogen) atoms. The number of alkyl carbamates (subject to hydrolysis) is 1. The van der Waals surface area contributed by atoms with Crippen LogP contribution in [0.4, 0.5) is 4.79 Å². The lowest BCUT2D eigenvalue weighted by atomic mass is 10.2. The van der Waals surface area contributed by atoms with Gasteiger partial charge in [-0.1, -0.05) is 30.3 Å². The molecule has 134 valence electrons. The van der Waals surface area contributed by atoms with E-state index in [4.69, 9.17) is 9.47 Å². The van der Waals surface area contributed by atoms with Crippen molar-refractivity contribution in [3.63, 3.8) is 0 Å². The van der Waals surface area contributed by atoms with Crippen molar-refractivity contribution in [2.75, 3.05) is 6.54 Å². The average molecular weight is 350 g/mol. The first kappa shape index (κ1) is 18.4. The molecule has 1 aromatic rings. The van der Waals surface area contributed by atoms with Crippen molar-refractivity contribution in [3.05, 3.63) is 35.9 Å². The zero-order valence-corrected chi connectivity index (χ0v) is 13.3. The van der Waals surface area contributed by atoms with E-state index in [9.17, 15) is 24.3 Å². The highest BCUT2D eigenvalue weighted by molar-refractivity contribution is 6.05. The summed E-state index contributed by atoms with van der Waals surface area (Å²) in [6.07, 6.45) is -3.83. The van der Waals surface area contributed by atoms with Crippen LogP contribution in [-0.2, 0) is 30.5 Å². The fraction of sp³-hybridized carbons (Fsp3) is 0.375. The molecule has 9 nitrogen and oxygen atoms in total. The van der Waals surface area contributed by atoms with Gasteiger partial charge in [-0.3, -0.25) is 14.9 Å². The molecule has 2 atom stereocenters. The van der Waals surface area contributed by atoms with Crippen LogP contribution in [0.5, 0.6) is 0 Å². The number of imide groups is 1. The standard InChI is InChI=1S/C16H18N2O7/c19-11(15(22)25-12-8-13(20)18-14(12)21)6-7-17-16(23)24-9-10-4-2-1-3-5-10/h1-5,11-12,19H,6-9H2,(H,17,23)(H,18,20,21)/t11-,12-/m0/s1. The number of aliphatic hydroxyl groups excluding tert-OH is 1. The molecule has 1 fully saturated rings. The van der Waals surface area contributed by atoms with Crippen LogP contribution in [0.2, 0.25) is 0 Å². The Labute approximate surface area is 143 Å². The molecular weight excluding hydrogens is 332 g/mol. The van der Waals surface area contributed by atoms with Crippen molar-refractivity contribution in [1.29, 1.82) is 0 Å². The van der Waals surface area contributed by atoms with Crippen LogP contribution in [0.25, 0.3) is 0 Å². The number of rotatable bonds is 7. The highest BCUT2D eigenvalue weighted by atomic mass is 16.6. The molecule has 0 spiro atoms. The summed E-state index contributed by atoms with van der Waals surface area (Å²) in [5.41, 5.74) is 0.825. The maximum atomic E-state index is 11.6. The first-order valence-electron chi connectivity index (χ1n) is 7.62. The van der Waals surface area contributed by atoms with Crippen molar-refractivity contribution in [1.82, 2.24) is 10.6 Å². The predicted molar refractivity (Wildman–Crippen MR) is 82.9 cm³/mol. The molecule has 0 radical (unpaired) electrons. The maximum absolute atomic E-state index is 11.6. The van der Waals surface area contributed by atoms with Gasteiger partial charge >= 0.3 is 12.1 Å². The van der Waals surface area contributed by atoms with E-state index in [1.54, 1.807) is 12.1 Å². The first-order chi connectivity index (χ1) is 12.0. The number of hydrogen-bond acceptors (Lipinski definition) is 7. The second-order valence-electron chi connectivity index (χ2n) is 5.34. The van der Waals surface area contributed by atoms with E-state index in [0.717, 1.165) is 5.56 Å². The van der Waals surface area contributed by atoms with E-state index in [1.165, 1.54) is 0 Å². The lowest BCUT2D eigenvalue weighted by Crippen LogP contribution is -2.35. The van der Waals surface area contributed by atoms with Crippen LogP contribution in [0.3, 0.4) is 0 Å². The molecule has 9 heteroatoms. The minimum Gasteiger partial charge on any atom is -0.450 e. The van der Waals surface area contributed by atoms with Crippen LogP contribution in [0, 0.1) is 0 Å². The van der Waals surface area contributed by atoms with Crippen molar-refractivity contribution in [2.24, 2.45) is 0 Å². The van der Waals surface area contributed by atoms with Gasteiger partial charge in [-0.05, 0) is 5.56 Å². The van der Waals surface area contributed by atoms with Crippen LogP contribution in [-0.4, -0.2) is 47.7 Å². The van der Waals surface area contributed by atoms with Crippen molar-refractivity contribution >= 4 is 23.9 Å². The summed E-state index contributed by atoms with van der Waals surface area (Å²) >= 11 is 0. The molecule has 0 bridgehead atoms. The molecule has 2 rings (SSSR count). The Morgan fingerprint density at radius 1 is 1.28 bits per heavy atom. The topological polar surface area (TPSA) is 131 Å². The molecule has 1 aliphatic heterocycles. The third-order valence-corrected chi connectivity index (χ3v) is 3.36. The lowest BCUT2D eigenvalue weighted by molar-refractivity contribution is -0.162. The summed E-state index contributed by atoms with van der Waals surface area (Å²) in [6, 6.07) is 9.08. The zero-order chi connectivity index (χ0) is 18.2. The molecule has 1 heterocycles. The molecular formula is C16H18N2O7. The molecule has 3 N–H and O–H groups in total. The number of amides is 3. The number of carbonyl (C=O) groups is 4. The quantitative estimate of drug-likeness (QED) is 0.451. The average Bonchev–Trinajstić information content (AvgIpc) is 2.91. The Bertz CT molecular complexity index is 647. The third-order valence-electron chi connectivity index (χ3n) is 3.36. The second-order valence-corrected chi connectivity index (χ2v) is 5.34. The zero-order valence-electron chi connectivity index (χ0n) is 13.3. The summed E-state index contributed by atoms with van der Waals surface area (Å²) in [6.45, 7) is 0.0712. The normalized spacial score (nSPS) is 17.6. The van der Waals surface area contributed by atoms with Crippen LogP contribution >= 0.6 is 0 Å². The Morgan fingerprint density at radius 2 is 2.00 bits per heavy atom. The number of ether oxygens (including phenoxy) is 2. The molecule has 1 aromatic carbocycles. The van der Waals surface area contributed by atoms with E-state index < -0.39 is 36.1 Å². The monoisotopic (exact) mass is 350 g/mol. The van der Waals surface area contributed by atoms with Crippen molar-refractivity contribution in [2.45, 2.75) is 31.7 Å². The maximum Gasteiger partial charge on any atom is 0.407 e. The van der Waals surface area contributed by atoms with Gasteiger partial charge in [0.15, 0.2) is 12.2 Å².